The standard InChI is InChI=1S/C14H9F3N2O/c1-9-12(3-2-6-19-9)10-4-5-11(8-18)13(7-10)20-14(15,16)17/h2-7H,1H3. The van der Waals surface area contributed by atoms with E-state index in [2.05, 4.69) is 9.72 Å². The largest absolute Gasteiger partial charge is 0.573 e. The minimum Gasteiger partial charge on any atom is -0.404 e. The normalized spacial score (nSPS) is 10.9. The van der Waals surface area contributed by atoms with Crippen molar-refractivity contribution in [3.63, 3.8) is 0 Å². The van der Waals surface area contributed by atoms with Gasteiger partial charge >= 0.3 is 6.36 Å². The molecule has 6 heteroatoms. The van der Waals surface area contributed by atoms with Gasteiger partial charge in [-0.1, -0.05) is 12.1 Å². The zero-order chi connectivity index (χ0) is 14.8. The third-order valence-corrected chi connectivity index (χ3v) is 2.65. The van der Waals surface area contributed by atoms with Crippen molar-refractivity contribution in [2.24, 2.45) is 0 Å². The Balaban J connectivity index is 2.51. The first kappa shape index (κ1) is 13.9. The first-order valence-electron chi connectivity index (χ1n) is 5.62. The molecule has 1 aromatic heterocycles. The van der Waals surface area contributed by atoms with Crippen LogP contribution in [0.4, 0.5) is 13.2 Å². The number of hydrogen-bond acceptors (Lipinski definition) is 3. The summed E-state index contributed by atoms with van der Waals surface area (Å²) < 4.78 is 40.9. The lowest BCUT2D eigenvalue weighted by Gasteiger charge is -2.12. The van der Waals surface area contributed by atoms with Crippen LogP contribution in [0.15, 0.2) is 36.5 Å². The maximum atomic E-state index is 12.3. The molecule has 0 aliphatic carbocycles. The second kappa shape index (κ2) is 5.21. The van der Waals surface area contributed by atoms with Crippen molar-refractivity contribution < 1.29 is 17.9 Å². The zero-order valence-electron chi connectivity index (χ0n) is 10.4. The van der Waals surface area contributed by atoms with E-state index in [0.29, 0.717) is 16.8 Å². The summed E-state index contributed by atoms with van der Waals surface area (Å²) in [5.74, 6) is -0.513. The number of rotatable bonds is 2. The fourth-order valence-electron chi connectivity index (χ4n) is 1.78. The van der Waals surface area contributed by atoms with Gasteiger partial charge in [0.15, 0.2) is 0 Å². The average Bonchev–Trinajstić information content (AvgIpc) is 2.37. The Hall–Kier alpha value is -2.55. The quantitative estimate of drug-likeness (QED) is 0.838. The van der Waals surface area contributed by atoms with E-state index in [9.17, 15) is 13.2 Å². The van der Waals surface area contributed by atoms with Crippen LogP contribution < -0.4 is 4.74 Å². The zero-order valence-corrected chi connectivity index (χ0v) is 10.4. The minimum absolute atomic E-state index is 0.174. The van der Waals surface area contributed by atoms with Crippen molar-refractivity contribution in [2.45, 2.75) is 13.3 Å². The van der Waals surface area contributed by atoms with E-state index in [4.69, 9.17) is 5.26 Å². The molecule has 1 heterocycles. The van der Waals surface area contributed by atoms with Gasteiger partial charge in [-0.15, -0.1) is 13.2 Å². The van der Waals surface area contributed by atoms with Crippen LogP contribution in [0.1, 0.15) is 11.3 Å². The fourth-order valence-corrected chi connectivity index (χ4v) is 1.78. The maximum Gasteiger partial charge on any atom is 0.573 e. The summed E-state index contributed by atoms with van der Waals surface area (Å²) in [5, 5.41) is 8.82. The number of benzene rings is 1. The molecule has 0 radical (unpaired) electrons. The van der Waals surface area contributed by atoms with Crippen LogP contribution in [0.25, 0.3) is 11.1 Å². The first-order chi connectivity index (χ1) is 9.40. The van der Waals surface area contributed by atoms with Crippen molar-refractivity contribution in [1.82, 2.24) is 4.98 Å². The molecule has 0 fully saturated rings. The summed E-state index contributed by atoms with van der Waals surface area (Å²) in [4.78, 5) is 4.07. The van der Waals surface area contributed by atoms with E-state index in [1.54, 1.807) is 37.4 Å². The number of halogens is 3. The van der Waals surface area contributed by atoms with E-state index < -0.39 is 12.1 Å². The lowest BCUT2D eigenvalue weighted by Crippen LogP contribution is -2.17. The molecule has 0 atom stereocenters. The molecule has 0 saturated heterocycles. The van der Waals surface area contributed by atoms with Gasteiger partial charge in [0.25, 0.3) is 0 Å². The number of alkyl halides is 3. The molecule has 0 spiro atoms. The van der Waals surface area contributed by atoms with Crippen molar-refractivity contribution >= 4 is 0 Å². The molecule has 1 aromatic carbocycles. The number of ether oxygens (including phenoxy) is 1. The molecule has 0 bridgehead atoms. The highest BCUT2D eigenvalue weighted by Gasteiger charge is 2.32. The second-order valence-corrected chi connectivity index (χ2v) is 4.01. The fraction of sp³-hybridized carbons (Fsp3) is 0.143. The Morgan fingerprint density at radius 1 is 1.25 bits per heavy atom. The smallest absolute Gasteiger partial charge is 0.404 e. The highest BCUT2D eigenvalue weighted by Crippen LogP contribution is 2.31. The molecule has 0 aliphatic rings. The molecule has 2 aromatic rings. The molecule has 102 valence electrons. The van der Waals surface area contributed by atoms with Gasteiger partial charge in [-0.25, -0.2) is 0 Å². The third kappa shape index (κ3) is 3.06. The average molecular weight is 278 g/mol. The Morgan fingerprint density at radius 3 is 2.60 bits per heavy atom. The van der Waals surface area contributed by atoms with E-state index in [0.717, 1.165) is 0 Å². The van der Waals surface area contributed by atoms with E-state index >= 15 is 0 Å². The number of nitriles is 1. The number of pyridine rings is 1. The molecule has 0 saturated carbocycles. The topological polar surface area (TPSA) is 45.9 Å². The van der Waals surface area contributed by atoms with Crippen LogP contribution in [-0.2, 0) is 0 Å². The van der Waals surface area contributed by atoms with Gasteiger partial charge in [0.05, 0.1) is 5.56 Å². The predicted octanol–water partition coefficient (Wildman–Crippen LogP) is 3.83. The first-order valence-corrected chi connectivity index (χ1v) is 5.62. The summed E-state index contributed by atoms with van der Waals surface area (Å²) in [7, 11) is 0. The SMILES string of the molecule is Cc1ncccc1-c1ccc(C#N)c(OC(F)(F)F)c1. The van der Waals surface area contributed by atoms with Crippen LogP contribution in [0.5, 0.6) is 5.75 Å². The van der Waals surface area contributed by atoms with E-state index in [1.165, 1.54) is 12.1 Å². The number of hydrogen-bond donors (Lipinski definition) is 0. The van der Waals surface area contributed by atoms with Crippen molar-refractivity contribution in [3.8, 4) is 22.9 Å². The molecular formula is C14H9F3N2O. The van der Waals surface area contributed by atoms with Crippen LogP contribution in [0, 0.1) is 18.3 Å². The lowest BCUT2D eigenvalue weighted by atomic mass is 10.0. The Kier molecular flexibility index (Phi) is 3.61. The second-order valence-electron chi connectivity index (χ2n) is 4.01. The summed E-state index contributed by atoms with van der Waals surface area (Å²) in [6.07, 6.45) is -3.25. The Bertz CT molecular complexity index is 675. The van der Waals surface area contributed by atoms with E-state index in [-0.39, 0.29) is 5.56 Å². The minimum atomic E-state index is -4.84. The van der Waals surface area contributed by atoms with Crippen molar-refractivity contribution in [2.75, 3.05) is 0 Å². The van der Waals surface area contributed by atoms with Gasteiger partial charge < -0.3 is 4.74 Å². The maximum absolute atomic E-state index is 12.3. The van der Waals surface area contributed by atoms with Gasteiger partial charge in [0.1, 0.15) is 11.8 Å². The number of aryl methyl sites for hydroxylation is 1. The number of nitrogens with zero attached hydrogens (tertiary/aromatic N) is 2. The monoisotopic (exact) mass is 278 g/mol. The summed E-state index contributed by atoms with van der Waals surface area (Å²) >= 11 is 0. The summed E-state index contributed by atoms with van der Waals surface area (Å²) in [6, 6.07) is 9.14. The molecule has 20 heavy (non-hydrogen) atoms. The lowest BCUT2D eigenvalue weighted by molar-refractivity contribution is -0.274. The van der Waals surface area contributed by atoms with E-state index in [1.807, 2.05) is 0 Å². The van der Waals surface area contributed by atoms with Gasteiger partial charge in [0.2, 0.25) is 0 Å². The molecule has 0 N–H and O–H groups in total. The molecule has 0 aliphatic heterocycles. The predicted molar refractivity (Wildman–Crippen MR) is 65.8 cm³/mol. The highest BCUT2D eigenvalue weighted by molar-refractivity contribution is 5.68. The van der Waals surface area contributed by atoms with Gasteiger partial charge in [0, 0.05) is 17.5 Å². The van der Waals surface area contributed by atoms with Crippen LogP contribution >= 0.6 is 0 Å². The molecular weight excluding hydrogens is 269 g/mol. The van der Waals surface area contributed by atoms with Crippen LogP contribution in [0.2, 0.25) is 0 Å². The van der Waals surface area contributed by atoms with Gasteiger partial charge in [-0.2, -0.15) is 5.26 Å². The molecule has 0 amide bonds. The van der Waals surface area contributed by atoms with Crippen molar-refractivity contribution in [1.29, 1.82) is 5.26 Å². The molecule has 0 unspecified atom stereocenters. The van der Waals surface area contributed by atoms with Gasteiger partial charge in [-0.05, 0) is 30.7 Å². The van der Waals surface area contributed by atoms with Crippen molar-refractivity contribution in [3.05, 3.63) is 47.8 Å². The number of aromatic nitrogens is 1. The highest BCUT2D eigenvalue weighted by atomic mass is 19.4. The Labute approximate surface area is 113 Å². The third-order valence-electron chi connectivity index (χ3n) is 2.65. The van der Waals surface area contributed by atoms with Gasteiger partial charge in [-0.3, -0.25) is 4.98 Å². The van der Waals surface area contributed by atoms with Crippen LogP contribution in [0.3, 0.4) is 0 Å². The molecule has 3 nitrogen and oxygen atoms in total. The molecule has 2 rings (SSSR count). The Morgan fingerprint density at radius 2 is 2.00 bits per heavy atom. The summed E-state index contributed by atoms with van der Waals surface area (Å²) in [6.45, 7) is 1.75. The van der Waals surface area contributed by atoms with Crippen LogP contribution in [-0.4, -0.2) is 11.3 Å². The summed E-state index contributed by atoms with van der Waals surface area (Å²) in [5.41, 5.74) is 1.70.